The lowest BCUT2D eigenvalue weighted by atomic mass is 10.3. The molecule has 0 aliphatic carbocycles. The number of nitrogens with one attached hydrogen (secondary N) is 2. The van der Waals surface area contributed by atoms with Crippen molar-refractivity contribution in [3.05, 3.63) is 53.7 Å². The van der Waals surface area contributed by atoms with Gasteiger partial charge in [-0.15, -0.1) is 11.3 Å². The quantitative estimate of drug-likeness (QED) is 0.748. The van der Waals surface area contributed by atoms with Crippen LogP contribution in [0.1, 0.15) is 5.82 Å². The van der Waals surface area contributed by atoms with Crippen molar-refractivity contribution in [3.63, 3.8) is 0 Å². The Bertz CT molecular complexity index is 616. The summed E-state index contributed by atoms with van der Waals surface area (Å²) < 4.78 is 0. The second-order valence-corrected chi connectivity index (χ2v) is 5.07. The summed E-state index contributed by atoms with van der Waals surface area (Å²) in [5.41, 5.74) is 1.13. The number of anilines is 1. The fourth-order valence-corrected chi connectivity index (χ4v) is 2.46. The minimum Gasteiger partial charge on any atom is -0.385 e. The number of aromatic amines is 1. The van der Waals surface area contributed by atoms with Gasteiger partial charge in [-0.05, 0) is 23.6 Å². The minimum atomic E-state index is 0.782. The molecule has 0 bridgehead atoms. The van der Waals surface area contributed by atoms with Gasteiger partial charge in [0.2, 0.25) is 0 Å². The fourth-order valence-electron chi connectivity index (χ4n) is 1.80. The Kier molecular flexibility index (Phi) is 3.56. The van der Waals surface area contributed by atoms with Gasteiger partial charge >= 0.3 is 0 Å². The van der Waals surface area contributed by atoms with E-state index in [9.17, 15) is 0 Å². The van der Waals surface area contributed by atoms with Crippen molar-refractivity contribution in [2.45, 2.75) is 6.42 Å². The molecule has 0 aliphatic rings. The van der Waals surface area contributed by atoms with Crippen molar-refractivity contribution in [2.75, 3.05) is 11.9 Å². The lowest BCUT2D eigenvalue weighted by molar-refractivity contribution is 0.901. The van der Waals surface area contributed by atoms with Crippen LogP contribution in [0.15, 0.2) is 47.8 Å². The van der Waals surface area contributed by atoms with Gasteiger partial charge in [-0.3, -0.25) is 5.10 Å². The van der Waals surface area contributed by atoms with E-state index in [4.69, 9.17) is 0 Å². The van der Waals surface area contributed by atoms with E-state index in [0.717, 1.165) is 35.2 Å². The average molecular weight is 270 g/mol. The maximum Gasteiger partial charge on any atom is 0.191 e. The van der Waals surface area contributed by atoms with Crippen LogP contribution in [0.2, 0.25) is 0 Å². The molecule has 2 heterocycles. The first-order valence-corrected chi connectivity index (χ1v) is 7.04. The number of thiophene rings is 1. The molecule has 0 unspecified atom stereocenters. The molecule has 2 aromatic heterocycles. The predicted octanol–water partition coefficient (Wildman–Crippen LogP) is 3.19. The summed E-state index contributed by atoms with van der Waals surface area (Å²) in [6.07, 6.45) is 0.827. The van der Waals surface area contributed by atoms with E-state index in [2.05, 4.69) is 32.6 Å². The van der Waals surface area contributed by atoms with Crippen LogP contribution in [0, 0.1) is 0 Å². The highest BCUT2D eigenvalue weighted by molar-refractivity contribution is 7.13. The maximum absolute atomic E-state index is 4.49. The molecule has 0 amide bonds. The van der Waals surface area contributed by atoms with E-state index in [1.807, 2.05) is 35.7 Å². The highest BCUT2D eigenvalue weighted by Gasteiger charge is 2.06. The first-order valence-electron chi connectivity index (χ1n) is 6.16. The van der Waals surface area contributed by atoms with Gasteiger partial charge in [0, 0.05) is 18.7 Å². The molecule has 0 saturated heterocycles. The summed E-state index contributed by atoms with van der Waals surface area (Å²) in [5.74, 6) is 1.69. The van der Waals surface area contributed by atoms with Crippen LogP contribution in [-0.2, 0) is 6.42 Å². The molecular formula is C14H14N4S. The van der Waals surface area contributed by atoms with Crippen LogP contribution < -0.4 is 5.32 Å². The zero-order valence-corrected chi connectivity index (χ0v) is 11.2. The number of para-hydroxylation sites is 1. The third kappa shape index (κ3) is 3.00. The molecule has 0 fully saturated rings. The lowest BCUT2D eigenvalue weighted by Crippen LogP contribution is -2.05. The number of H-pyrrole nitrogens is 1. The molecule has 0 spiro atoms. The van der Waals surface area contributed by atoms with Crippen molar-refractivity contribution in [3.8, 4) is 10.7 Å². The summed E-state index contributed by atoms with van der Waals surface area (Å²) in [6, 6.07) is 14.2. The topological polar surface area (TPSA) is 53.6 Å². The third-order valence-electron chi connectivity index (χ3n) is 2.74. The molecule has 0 radical (unpaired) electrons. The molecule has 3 aromatic rings. The standard InChI is InChI=1S/C14H14N4S/c1-2-5-11(6-3-1)15-9-8-13-16-14(18-17-13)12-7-4-10-19-12/h1-7,10,15H,8-9H2,(H,16,17,18). The number of rotatable bonds is 5. The van der Waals surface area contributed by atoms with Crippen LogP contribution in [0.25, 0.3) is 10.7 Å². The second-order valence-electron chi connectivity index (χ2n) is 4.13. The SMILES string of the molecule is c1ccc(NCCc2nc(-c3cccs3)n[nH]2)cc1. The molecule has 0 atom stereocenters. The second kappa shape index (κ2) is 5.67. The van der Waals surface area contributed by atoms with Crippen molar-refractivity contribution < 1.29 is 0 Å². The van der Waals surface area contributed by atoms with Crippen molar-refractivity contribution >= 4 is 17.0 Å². The molecule has 0 saturated carbocycles. The summed E-state index contributed by atoms with van der Waals surface area (Å²) in [6.45, 7) is 0.836. The molecule has 3 rings (SSSR count). The van der Waals surface area contributed by atoms with Crippen molar-refractivity contribution in [1.29, 1.82) is 0 Å². The molecule has 19 heavy (non-hydrogen) atoms. The maximum atomic E-state index is 4.49. The smallest absolute Gasteiger partial charge is 0.191 e. The van der Waals surface area contributed by atoms with Crippen LogP contribution >= 0.6 is 11.3 Å². The monoisotopic (exact) mass is 270 g/mol. The van der Waals surface area contributed by atoms with E-state index < -0.39 is 0 Å². The Labute approximate surface area is 115 Å². The molecule has 96 valence electrons. The van der Waals surface area contributed by atoms with E-state index in [1.54, 1.807) is 11.3 Å². The average Bonchev–Trinajstić information content (AvgIpc) is 3.10. The Hall–Kier alpha value is -2.14. The first-order chi connectivity index (χ1) is 9.42. The summed E-state index contributed by atoms with van der Waals surface area (Å²) in [4.78, 5) is 5.58. The highest BCUT2D eigenvalue weighted by Crippen LogP contribution is 2.20. The van der Waals surface area contributed by atoms with Gasteiger partial charge in [0.1, 0.15) is 5.82 Å². The van der Waals surface area contributed by atoms with Gasteiger partial charge in [-0.25, -0.2) is 4.98 Å². The van der Waals surface area contributed by atoms with Gasteiger partial charge in [0.05, 0.1) is 4.88 Å². The van der Waals surface area contributed by atoms with Gasteiger partial charge < -0.3 is 5.32 Å². The van der Waals surface area contributed by atoms with Crippen LogP contribution in [0.3, 0.4) is 0 Å². The number of aromatic nitrogens is 3. The molecule has 5 heteroatoms. The highest BCUT2D eigenvalue weighted by atomic mass is 32.1. The Morgan fingerprint density at radius 1 is 1.11 bits per heavy atom. The third-order valence-corrected chi connectivity index (χ3v) is 3.60. The molecule has 4 nitrogen and oxygen atoms in total. The fraction of sp³-hybridized carbons (Fsp3) is 0.143. The zero-order valence-electron chi connectivity index (χ0n) is 10.3. The van der Waals surface area contributed by atoms with E-state index in [0.29, 0.717) is 0 Å². The van der Waals surface area contributed by atoms with E-state index in [1.165, 1.54) is 0 Å². The Morgan fingerprint density at radius 2 is 2.00 bits per heavy atom. The van der Waals surface area contributed by atoms with Crippen LogP contribution in [-0.4, -0.2) is 21.7 Å². The number of nitrogens with zero attached hydrogens (tertiary/aromatic N) is 2. The van der Waals surface area contributed by atoms with E-state index in [-0.39, 0.29) is 0 Å². The lowest BCUT2D eigenvalue weighted by Gasteiger charge is -2.03. The Balaban J connectivity index is 1.56. The number of hydrogen-bond acceptors (Lipinski definition) is 4. The van der Waals surface area contributed by atoms with Crippen LogP contribution in [0.5, 0.6) is 0 Å². The normalized spacial score (nSPS) is 10.5. The van der Waals surface area contributed by atoms with Gasteiger partial charge in [-0.1, -0.05) is 24.3 Å². The summed E-state index contributed by atoms with van der Waals surface area (Å²) in [5, 5.41) is 12.6. The molecule has 0 aliphatic heterocycles. The summed E-state index contributed by atoms with van der Waals surface area (Å²) >= 11 is 1.65. The van der Waals surface area contributed by atoms with Gasteiger partial charge in [0.25, 0.3) is 0 Å². The van der Waals surface area contributed by atoms with Crippen molar-refractivity contribution in [2.24, 2.45) is 0 Å². The summed E-state index contributed by atoms with van der Waals surface area (Å²) in [7, 11) is 0. The van der Waals surface area contributed by atoms with Gasteiger partial charge in [0.15, 0.2) is 5.82 Å². The molecular weight excluding hydrogens is 256 g/mol. The minimum absolute atomic E-state index is 0.782. The van der Waals surface area contributed by atoms with Gasteiger partial charge in [-0.2, -0.15) is 5.10 Å². The first kappa shape index (κ1) is 11.9. The Morgan fingerprint density at radius 3 is 2.79 bits per heavy atom. The van der Waals surface area contributed by atoms with Crippen molar-refractivity contribution in [1.82, 2.24) is 15.2 Å². The molecule has 2 N–H and O–H groups in total. The van der Waals surface area contributed by atoms with E-state index >= 15 is 0 Å². The van der Waals surface area contributed by atoms with Crippen LogP contribution in [0.4, 0.5) is 5.69 Å². The molecule has 1 aromatic carbocycles. The number of benzene rings is 1. The predicted molar refractivity (Wildman–Crippen MR) is 78.3 cm³/mol. The zero-order chi connectivity index (χ0) is 12.9. The number of hydrogen-bond donors (Lipinski definition) is 2. The largest absolute Gasteiger partial charge is 0.385 e.